The first-order valence-corrected chi connectivity index (χ1v) is 16.7. The van der Waals surface area contributed by atoms with Crippen LogP contribution in [0, 0.1) is 0 Å². The van der Waals surface area contributed by atoms with Crippen LogP contribution in [0.15, 0.2) is 54.7 Å². The predicted octanol–water partition coefficient (Wildman–Crippen LogP) is 10.4. The van der Waals surface area contributed by atoms with Crippen molar-refractivity contribution in [1.29, 1.82) is 0 Å². The highest BCUT2D eigenvalue weighted by Crippen LogP contribution is 2.36. The van der Waals surface area contributed by atoms with Crippen molar-refractivity contribution in [3.8, 4) is 17.2 Å². The normalized spacial score (nSPS) is 11.1. The smallest absolute Gasteiger partial charge is 0.195 e. The van der Waals surface area contributed by atoms with Gasteiger partial charge in [0.2, 0.25) is 0 Å². The van der Waals surface area contributed by atoms with Crippen LogP contribution in [-0.2, 0) is 12.8 Å². The highest BCUT2D eigenvalue weighted by atomic mass is 35.5. The molecule has 0 atom stereocenters. The van der Waals surface area contributed by atoms with Gasteiger partial charge in [-0.2, -0.15) is 0 Å². The summed E-state index contributed by atoms with van der Waals surface area (Å²) in [6.07, 6.45) is 11.3. The van der Waals surface area contributed by atoms with E-state index in [4.69, 9.17) is 45.3 Å². The van der Waals surface area contributed by atoms with Crippen LogP contribution in [0.5, 0.6) is 11.5 Å². The van der Waals surface area contributed by atoms with E-state index in [0.29, 0.717) is 40.7 Å². The third-order valence-electron chi connectivity index (χ3n) is 7.58. The van der Waals surface area contributed by atoms with Crippen molar-refractivity contribution in [2.24, 2.45) is 0 Å². The van der Waals surface area contributed by atoms with Gasteiger partial charge in [-0.1, -0.05) is 92.5 Å². The van der Waals surface area contributed by atoms with Crippen LogP contribution in [0.3, 0.4) is 0 Å². The van der Waals surface area contributed by atoms with Gasteiger partial charge in [-0.25, -0.2) is 4.68 Å². The van der Waals surface area contributed by atoms with Crippen molar-refractivity contribution in [3.63, 3.8) is 0 Å². The molecule has 0 spiro atoms. The largest absolute Gasteiger partial charge is 0.503 e. The SMILES string of the molecule is CCCCCc1ccc(OCCCC(=O)c2c(N)cccc2Nc2nn(-c3c(Cl)cc(Cl)cc3Cl)cc2O)c(CCCCC)c1. The zero-order valence-corrected chi connectivity index (χ0v) is 28.1. The number of aromatic nitrogens is 2. The van der Waals surface area contributed by atoms with Crippen molar-refractivity contribution in [2.75, 3.05) is 17.7 Å². The molecule has 240 valence electrons. The number of hydrogen-bond acceptors (Lipinski definition) is 6. The topological polar surface area (TPSA) is 102 Å². The molecule has 45 heavy (non-hydrogen) atoms. The summed E-state index contributed by atoms with van der Waals surface area (Å²) < 4.78 is 7.55. The molecule has 0 aliphatic rings. The molecule has 0 unspecified atom stereocenters. The Hall–Kier alpha value is -3.39. The Kier molecular flexibility index (Phi) is 12.9. The lowest BCUT2D eigenvalue weighted by atomic mass is 10.00. The number of Topliss-reactive ketones (excluding diaryl/α,β-unsaturated/α-hetero) is 1. The third-order valence-corrected chi connectivity index (χ3v) is 8.38. The van der Waals surface area contributed by atoms with Crippen molar-refractivity contribution in [3.05, 3.63) is 86.5 Å². The van der Waals surface area contributed by atoms with Crippen LogP contribution in [0.2, 0.25) is 15.1 Å². The number of aryl methyl sites for hydroxylation is 2. The van der Waals surface area contributed by atoms with Gasteiger partial charge in [0.25, 0.3) is 0 Å². The highest BCUT2D eigenvalue weighted by Gasteiger charge is 2.19. The van der Waals surface area contributed by atoms with E-state index in [-0.39, 0.29) is 33.8 Å². The van der Waals surface area contributed by atoms with Gasteiger partial charge < -0.3 is 20.9 Å². The Labute approximate surface area is 280 Å². The molecule has 0 amide bonds. The number of anilines is 3. The van der Waals surface area contributed by atoms with E-state index in [0.717, 1.165) is 25.0 Å². The summed E-state index contributed by atoms with van der Waals surface area (Å²) >= 11 is 18.7. The number of hydrogen-bond donors (Lipinski definition) is 3. The molecule has 0 radical (unpaired) electrons. The molecule has 4 aromatic rings. The minimum Gasteiger partial charge on any atom is -0.503 e. The number of carbonyl (C=O) groups excluding carboxylic acids is 1. The number of unbranched alkanes of at least 4 members (excludes halogenated alkanes) is 4. The number of nitrogen functional groups attached to an aromatic ring is 1. The Morgan fingerprint density at radius 2 is 1.67 bits per heavy atom. The molecule has 0 aliphatic carbocycles. The van der Waals surface area contributed by atoms with Gasteiger partial charge in [0.1, 0.15) is 11.4 Å². The maximum absolute atomic E-state index is 13.4. The molecule has 0 saturated carbocycles. The van der Waals surface area contributed by atoms with Crippen molar-refractivity contribution in [1.82, 2.24) is 9.78 Å². The summed E-state index contributed by atoms with van der Waals surface area (Å²) in [5.74, 6) is 0.689. The Bertz CT molecular complexity index is 1580. The lowest BCUT2D eigenvalue weighted by molar-refractivity contribution is 0.0975. The summed E-state index contributed by atoms with van der Waals surface area (Å²) in [7, 11) is 0. The fraction of sp³-hybridized carbons (Fsp3) is 0.371. The number of aromatic hydroxyl groups is 1. The zero-order valence-electron chi connectivity index (χ0n) is 25.8. The van der Waals surface area contributed by atoms with Crippen molar-refractivity contribution < 1.29 is 14.6 Å². The molecule has 1 heterocycles. The number of halogens is 3. The minimum absolute atomic E-state index is 0.105. The number of rotatable bonds is 17. The number of nitrogens with zero attached hydrogens (tertiary/aromatic N) is 2. The van der Waals surface area contributed by atoms with Crippen LogP contribution in [0.1, 0.15) is 86.7 Å². The van der Waals surface area contributed by atoms with E-state index >= 15 is 0 Å². The molecule has 4 rings (SSSR count). The molecule has 0 fully saturated rings. The van der Waals surface area contributed by atoms with Gasteiger partial charge in [-0.05, 0) is 73.6 Å². The lowest BCUT2D eigenvalue weighted by Gasteiger charge is -2.15. The minimum atomic E-state index is -0.169. The van der Waals surface area contributed by atoms with Crippen LogP contribution < -0.4 is 15.8 Å². The van der Waals surface area contributed by atoms with Gasteiger partial charge in [0, 0.05) is 17.1 Å². The van der Waals surface area contributed by atoms with Crippen LogP contribution in [0.25, 0.3) is 5.69 Å². The Morgan fingerprint density at radius 3 is 2.38 bits per heavy atom. The van der Waals surface area contributed by atoms with Gasteiger partial charge in [0.15, 0.2) is 17.4 Å². The van der Waals surface area contributed by atoms with Gasteiger partial charge in [-0.3, -0.25) is 4.79 Å². The fourth-order valence-corrected chi connectivity index (χ4v) is 6.23. The number of ketones is 1. The van der Waals surface area contributed by atoms with Crippen LogP contribution in [0.4, 0.5) is 17.2 Å². The number of carbonyl (C=O) groups is 1. The molecule has 7 nitrogen and oxygen atoms in total. The molecule has 3 aromatic carbocycles. The average Bonchev–Trinajstić information content (AvgIpc) is 3.34. The van der Waals surface area contributed by atoms with E-state index < -0.39 is 0 Å². The molecule has 4 N–H and O–H groups in total. The predicted molar refractivity (Wildman–Crippen MR) is 186 cm³/mol. The molecular weight excluding hydrogens is 631 g/mol. The summed E-state index contributed by atoms with van der Waals surface area (Å²) in [5.41, 5.74) is 10.3. The van der Waals surface area contributed by atoms with Crippen LogP contribution >= 0.6 is 34.8 Å². The number of ether oxygens (including phenoxy) is 1. The standard InChI is InChI=1S/C35H41Cl3N4O3/c1-3-5-7-11-23-16-17-32(24(19-23)12-8-6-4-2)45-18-10-15-30(43)33-28(39)13-9-14-29(33)40-35-31(44)22-42(41-35)34-26(37)20-25(36)21-27(34)38/h9,13-14,16-17,19-22,44H,3-8,10-12,15,18,39H2,1-2H3,(H,40,41). The van der Waals surface area contributed by atoms with E-state index in [2.05, 4.69) is 42.5 Å². The second kappa shape index (κ2) is 16.8. The summed E-state index contributed by atoms with van der Waals surface area (Å²) in [4.78, 5) is 13.4. The number of nitrogens with one attached hydrogen (secondary N) is 1. The Morgan fingerprint density at radius 1 is 0.956 bits per heavy atom. The molecule has 1 aromatic heterocycles. The van der Waals surface area contributed by atoms with E-state index in [1.165, 1.54) is 66.2 Å². The Balaban J connectivity index is 1.42. The fourth-order valence-electron chi connectivity index (χ4n) is 5.24. The average molecular weight is 672 g/mol. The summed E-state index contributed by atoms with van der Waals surface area (Å²) in [6.45, 7) is 4.83. The van der Waals surface area contributed by atoms with E-state index in [1.807, 2.05) is 0 Å². The van der Waals surface area contributed by atoms with Gasteiger partial charge in [-0.15, -0.1) is 5.10 Å². The number of benzene rings is 3. The molecule has 0 bridgehead atoms. The molecule has 0 saturated heterocycles. The van der Waals surface area contributed by atoms with Gasteiger partial charge >= 0.3 is 0 Å². The first-order chi connectivity index (χ1) is 21.7. The van der Waals surface area contributed by atoms with Crippen LogP contribution in [-0.4, -0.2) is 27.3 Å². The first kappa shape index (κ1) is 34.5. The zero-order chi connectivity index (χ0) is 32.3. The quantitative estimate of drug-likeness (QED) is 0.0586. The molecule has 0 aliphatic heterocycles. The number of nitrogens with two attached hydrogens (primary N) is 1. The highest BCUT2D eigenvalue weighted by molar-refractivity contribution is 6.40. The summed E-state index contributed by atoms with van der Waals surface area (Å²) in [5, 5.41) is 19.0. The van der Waals surface area contributed by atoms with Crippen molar-refractivity contribution >= 4 is 57.8 Å². The van der Waals surface area contributed by atoms with E-state index in [1.54, 1.807) is 18.2 Å². The maximum atomic E-state index is 13.4. The first-order valence-electron chi connectivity index (χ1n) is 15.6. The maximum Gasteiger partial charge on any atom is 0.195 e. The molecule has 10 heteroatoms. The monoisotopic (exact) mass is 670 g/mol. The summed E-state index contributed by atoms with van der Waals surface area (Å²) in [6, 6.07) is 14.7. The second-order valence-corrected chi connectivity index (χ2v) is 12.4. The lowest BCUT2D eigenvalue weighted by Crippen LogP contribution is -2.10. The van der Waals surface area contributed by atoms with E-state index in [9.17, 15) is 9.90 Å². The second-order valence-electron chi connectivity index (χ2n) is 11.2. The van der Waals surface area contributed by atoms with Gasteiger partial charge in [0.05, 0.1) is 34.1 Å². The van der Waals surface area contributed by atoms with Crippen molar-refractivity contribution in [2.45, 2.75) is 78.1 Å². The molecular formula is C35H41Cl3N4O3. The third kappa shape index (κ3) is 9.32.